The highest BCUT2D eigenvalue weighted by Crippen LogP contribution is 2.26. The van der Waals surface area contributed by atoms with E-state index >= 15 is 0 Å². The smallest absolute Gasteiger partial charge is 0.307 e. The van der Waals surface area contributed by atoms with Crippen LogP contribution in [-0.4, -0.2) is 21.2 Å². The number of nitrogens with one attached hydrogen (secondary N) is 2. The first kappa shape index (κ1) is 15.2. The van der Waals surface area contributed by atoms with Crippen molar-refractivity contribution >= 4 is 39.0 Å². The van der Waals surface area contributed by atoms with Crippen molar-refractivity contribution in [3.05, 3.63) is 67.0 Å². The molecule has 7 heteroatoms. The largest absolute Gasteiger partial charge is 0.325 e. The molecule has 2 amide bonds. The van der Waals surface area contributed by atoms with Crippen LogP contribution in [0, 0.1) is 0 Å². The number of pyridine rings is 1. The number of carbonyl (C=O) groups is 1. The maximum atomic E-state index is 12.3. The molecule has 2 heterocycles. The Morgan fingerprint density at radius 2 is 1.80 bits per heavy atom. The van der Waals surface area contributed by atoms with Gasteiger partial charge in [0.05, 0.1) is 5.69 Å². The van der Waals surface area contributed by atoms with Crippen LogP contribution in [0.2, 0.25) is 0 Å². The summed E-state index contributed by atoms with van der Waals surface area (Å²) < 4.78 is 0. The van der Waals surface area contributed by atoms with Crippen molar-refractivity contribution in [1.29, 1.82) is 0 Å². The number of fused-ring (bicyclic) bond motifs is 1. The lowest BCUT2D eigenvalue weighted by Crippen LogP contribution is -2.19. The molecule has 0 fully saturated rings. The number of aromatic nitrogens is 3. The Labute approximate surface area is 147 Å². The van der Waals surface area contributed by atoms with Gasteiger partial charge in [0.25, 0.3) is 0 Å². The summed E-state index contributed by atoms with van der Waals surface area (Å²) in [6.07, 6.45) is 3.40. The van der Waals surface area contributed by atoms with Gasteiger partial charge in [0.2, 0.25) is 5.13 Å². The molecule has 0 bridgehead atoms. The van der Waals surface area contributed by atoms with E-state index in [0.29, 0.717) is 10.1 Å². The number of carbonyl (C=O) groups excluding carboxylic acids is 1. The van der Waals surface area contributed by atoms with Crippen LogP contribution in [0.4, 0.5) is 15.6 Å². The predicted octanol–water partition coefficient (Wildman–Crippen LogP) is 4.40. The molecule has 0 saturated carbocycles. The zero-order valence-electron chi connectivity index (χ0n) is 13.0. The number of hydrogen-bond acceptors (Lipinski definition) is 5. The summed E-state index contributed by atoms with van der Waals surface area (Å²) in [5.74, 6) is 0. The zero-order valence-corrected chi connectivity index (χ0v) is 13.8. The molecule has 25 heavy (non-hydrogen) atoms. The number of hydrogen-bond donors (Lipinski definition) is 2. The third kappa shape index (κ3) is 3.31. The van der Waals surface area contributed by atoms with Gasteiger partial charge in [0.1, 0.15) is 0 Å². The molecule has 2 aromatic carbocycles. The first-order valence-corrected chi connectivity index (χ1v) is 8.41. The SMILES string of the molecule is O=C(Nc1nnc(-c2cccnc2)s1)Nc1cccc2ccccc12. The fourth-order valence-electron chi connectivity index (χ4n) is 2.46. The van der Waals surface area contributed by atoms with Gasteiger partial charge in [-0.1, -0.05) is 47.7 Å². The average molecular weight is 347 g/mol. The fourth-order valence-corrected chi connectivity index (χ4v) is 3.19. The molecule has 0 radical (unpaired) electrons. The summed E-state index contributed by atoms with van der Waals surface area (Å²) in [6, 6.07) is 17.0. The van der Waals surface area contributed by atoms with Crippen LogP contribution in [0.25, 0.3) is 21.3 Å². The van der Waals surface area contributed by atoms with Gasteiger partial charge in [-0.3, -0.25) is 10.3 Å². The van der Waals surface area contributed by atoms with Crippen LogP contribution in [0.1, 0.15) is 0 Å². The van der Waals surface area contributed by atoms with Gasteiger partial charge in [0, 0.05) is 23.3 Å². The number of nitrogens with zero attached hydrogens (tertiary/aromatic N) is 3. The zero-order chi connectivity index (χ0) is 17.1. The molecule has 0 spiro atoms. The molecule has 0 aliphatic heterocycles. The second kappa shape index (κ2) is 6.66. The van der Waals surface area contributed by atoms with E-state index in [1.54, 1.807) is 12.4 Å². The highest BCUT2D eigenvalue weighted by Gasteiger charge is 2.10. The van der Waals surface area contributed by atoms with E-state index in [9.17, 15) is 4.79 Å². The quantitative estimate of drug-likeness (QED) is 0.576. The standard InChI is InChI=1S/C18H13N5OS/c24-17(20-15-9-3-6-12-5-1-2-8-14(12)15)21-18-23-22-16(25-18)13-7-4-10-19-11-13/h1-11H,(H2,20,21,23,24). The Bertz CT molecular complexity index is 1030. The molecule has 122 valence electrons. The molecule has 0 atom stereocenters. The van der Waals surface area contributed by atoms with Gasteiger partial charge in [0.15, 0.2) is 5.01 Å². The molecule has 2 N–H and O–H groups in total. The number of urea groups is 1. The van der Waals surface area contributed by atoms with E-state index in [1.165, 1.54) is 11.3 Å². The van der Waals surface area contributed by atoms with Crippen LogP contribution < -0.4 is 10.6 Å². The van der Waals surface area contributed by atoms with Crippen LogP contribution >= 0.6 is 11.3 Å². The molecule has 0 unspecified atom stereocenters. The number of anilines is 2. The maximum absolute atomic E-state index is 12.3. The van der Waals surface area contributed by atoms with Crippen molar-refractivity contribution < 1.29 is 4.79 Å². The Hall–Kier alpha value is -3.32. The molecule has 0 saturated heterocycles. The summed E-state index contributed by atoms with van der Waals surface area (Å²) in [4.78, 5) is 16.3. The van der Waals surface area contributed by atoms with Gasteiger partial charge in [-0.25, -0.2) is 4.79 Å². The minimum atomic E-state index is -0.356. The van der Waals surface area contributed by atoms with Gasteiger partial charge >= 0.3 is 6.03 Å². The molecule has 2 aromatic heterocycles. The van der Waals surface area contributed by atoms with E-state index < -0.39 is 0 Å². The van der Waals surface area contributed by atoms with E-state index in [0.717, 1.165) is 22.0 Å². The van der Waals surface area contributed by atoms with Crippen molar-refractivity contribution in [3.8, 4) is 10.6 Å². The molecule has 4 aromatic rings. The van der Waals surface area contributed by atoms with Gasteiger partial charge in [-0.2, -0.15) is 0 Å². The third-order valence-electron chi connectivity index (χ3n) is 3.59. The number of rotatable bonds is 3. The minimum absolute atomic E-state index is 0.356. The van der Waals surface area contributed by atoms with Gasteiger partial charge < -0.3 is 5.32 Å². The van der Waals surface area contributed by atoms with E-state index in [-0.39, 0.29) is 6.03 Å². The Morgan fingerprint density at radius 1 is 0.920 bits per heavy atom. The van der Waals surface area contributed by atoms with Crippen LogP contribution in [0.3, 0.4) is 0 Å². The van der Waals surface area contributed by atoms with E-state index in [2.05, 4.69) is 25.8 Å². The molecule has 0 aliphatic carbocycles. The van der Waals surface area contributed by atoms with Crippen molar-refractivity contribution in [2.24, 2.45) is 0 Å². The highest BCUT2D eigenvalue weighted by molar-refractivity contribution is 7.18. The molecular formula is C18H13N5OS. The van der Waals surface area contributed by atoms with Crippen molar-refractivity contribution in [2.75, 3.05) is 10.6 Å². The minimum Gasteiger partial charge on any atom is -0.307 e. The second-order valence-corrected chi connectivity index (χ2v) is 6.24. The third-order valence-corrected chi connectivity index (χ3v) is 4.48. The Morgan fingerprint density at radius 3 is 2.68 bits per heavy atom. The summed E-state index contributed by atoms with van der Waals surface area (Å²) in [7, 11) is 0. The van der Waals surface area contributed by atoms with Crippen LogP contribution in [0.5, 0.6) is 0 Å². The Kier molecular flexibility index (Phi) is 4.05. The highest BCUT2D eigenvalue weighted by atomic mass is 32.1. The lowest BCUT2D eigenvalue weighted by molar-refractivity contribution is 0.262. The van der Waals surface area contributed by atoms with Gasteiger partial charge in [-0.05, 0) is 23.6 Å². The van der Waals surface area contributed by atoms with Crippen molar-refractivity contribution in [3.63, 3.8) is 0 Å². The van der Waals surface area contributed by atoms with Crippen LogP contribution in [-0.2, 0) is 0 Å². The van der Waals surface area contributed by atoms with Crippen molar-refractivity contribution in [2.45, 2.75) is 0 Å². The van der Waals surface area contributed by atoms with Gasteiger partial charge in [-0.15, -0.1) is 10.2 Å². The number of amides is 2. The molecule has 0 aliphatic rings. The summed E-state index contributed by atoms with van der Waals surface area (Å²) in [5, 5.41) is 16.8. The summed E-state index contributed by atoms with van der Waals surface area (Å²) >= 11 is 1.29. The van der Waals surface area contributed by atoms with E-state index in [1.807, 2.05) is 54.6 Å². The maximum Gasteiger partial charge on any atom is 0.325 e. The average Bonchev–Trinajstić information content (AvgIpc) is 3.11. The van der Waals surface area contributed by atoms with E-state index in [4.69, 9.17) is 0 Å². The fraction of sp³-hybridized carbons (Fsp3) is 0. The summed E-state index contributed by atoms with van der Waals surface area (Å²) in [5.41, 5.74) is 1.61. The predicted molar refractivity (Wildman–Crippen MR) is 99.7 cm³/mol. The Balaban J connectivity index is 1.50. The number of benzene rings is 2. The molecular weight excluding hydrogens is 334 g/mol. The lowest BCUT2D eigenvalue weighted by atomic mass is 10.1. The first-order chi connectivity index (χ1) is 12.3. The summed E-state index contributed by atoms with van der Waals surface area (Å²) in [6.45, 7) is 0. The second-order valence-electron chi connectivity index (χ2n) is 5.26. The lowest BCUT2D eigenvalue weighted by Gasteiger charge is -2.08. The van der Waals surface area contributed by atoms with Crippen molar-refractivity contribution in [1.82, 2.24) is 15.2 Å². The topological polar surface area (TPSA) is 79.8 Å². The van der Waals surface area contributed by atoms with Crippen LogP contribution in [0.15, 0.2) is 67.0 Å². The molecule has 4 rings (SSSR count). The first-order valence-electron chi connectivity index (χ1n) is 7.59. The molecule has 6 nitrogen and oxygen atoms in total. The monoisotopic (exact) mass is 347 g/mol. The normalized spacial score (nSPS) is 10.6.